The molecule has 1 saturated heterocycles. The summed E-state index contributed by atoms with van der Waals surface area (Å²) in [5, 5.41) is 0. The van der Waals surface area contributed by atoms with Crippen LogP contribution in [0.3, 0.4) is 0 Å². The number of pyridine rings is 1. The molecule has 1 aromatic carbocycles. The number of rotatable bonds is 7. The number of aromatic nitrogens is 2. The van der Waals surface area contributed by atoms with E-state index in [1.165, 1.54) is 5.56 Å². The Labute approximate surface area is 185 Å². The summed E-state index contributed by atoms with van der Waals surface area (Å²) >= 11 is 0. The fraction of sp³-hybridized carbons (Fsp3) is 0.440. The van der Waals surface area contributed by atoms with E-state index in [2.05, 4.69) is 53.4 Å². The molecule has 1 aliphatic rings. The Bertz CT molecular complexity index is 1040. The van der Waals surface area contributed by atoms with Crippen molar-refractivity contribution in [3.63, 3.8) is 0 Å². The molecule has 6 nitrogen and oxygen atoms in total. The van der Waals surface area contributed by atoms with Crippen molar-refractivity contribution < 1.29 is 4.79 Å². The lowest BCUT2D eigenvalue weighted by molar-refractivity contribution is 0.0789. The van der Waals surface area contributed by atoms with Crippen LogP contribution < -0.4 is 0 Å². The van der Waals surface area contributed by atoms with Crippen LogP contribution in [-0.2, 0) is 13.0 Å². The number of carbonyl (C=O) groups excluding carboxylic acids is 1. The van der Waals surface area contributed by atoms with Crippen LogP contribution in [0.15, 0.2) is 48.7 Å². The van der Waals surface area contributed by atoms with Crippen LogP contribution in [0, 0.1) is 6.92 Å². The number of amides is 1. The van der Waals surface area contributed by atoms with Gasteiger partial charge in [-0.25, -0.2) is 4.98 Å². The minimum Gasteiger partial charge on any atom is -0.340 e. The van der Waals surface area contributed by atoms with Crippen molar-refractivity contribution in [3.8, 4) is 0 Å². The molecule has 31 heavy (non-hydrogen) atoms. The van der Waals surface area contributed by atoms with Gasteiger partial charge in [-0.1, -0.05) is 36.4 Å². The molecule has 1 amide bonds. The summed E-state index contributed by atoms with van der Waals surface area (Å²) in [7, 11) is 6.16. The van der Waals surface area contributed by atoms with Crippen molar-refractivity contribution in [2.75, 3.05) is 40.8 Å². The first-order valence-corrected chi connectivity index (χ1v) is 11.1. The van der Waals surface area contributed by atoms with Gasteiger partial charge in [0.1, 0.15) is 5.65 Å². The summed E-state index contributed by atoms with van der Waals surface area (Å²) < 4.78 is 2.11. The molecule has 3 heterocycles. The molecule has 3 aromatic rings. The van der Waals surface area contributed by atoms with Crippen molar-refractivity contribution in [2.24, 2.45) is 0 Å². The third kappa shape index (κ3) is 4.65. The first-order chi connectivity index (χ1) is 14.9. The van der Waals surface area contributed by atoms with Gasteiger partial charge in [-0.3, -0.25) is 9.69 Å². The topological polar surface area (TPSA) is 44.1 Å². The maximum Gasteiger partial charge on any atom is 0.274 e. The Morgan fingerprint density at radius 1 is 1.13 bits per heavy atom. The number of nitrogens with zero attached hydrogens (tertiary/aromatic N) is 5. The van der Waals surface area contributed by atoms with Crippen molar-refractivity contribution in [2.45, 2.75) is 32.4 Å². The molecule has 1 aliphatic heterocycles. The summed E-state index contributed by atoms with van der Waals surface area (Å²) in [5.74, 6) is -0.00242. The highest BCUT2D eigenvalue weighted by Gasteiger charge is 2.28. The van der Waals surface area contributed by atoms with Gasteiger partial charge in [-0.15, -0.1) is 0 Å². The molecule has 1 unspecified atom stereocenters. The lowest BCUT2D eigenvalue weighted by atomic mass is 10.1. The number of hydrogen-bond donors (Lipinski definition) is 0. The molecule has 0 radical (unpaired) electrons. The Morgan fingerprint density at radius 2 is 1.90 bits per heavy atom. The number of benzene rings is 1. The third-order valence-electron chi connectivity index (χ3n) is 6.42. The van der Waals surface area contributed by atoms with E-state index in [9.17, 15) is 4.79 Å². The number of likely N-dealkylation sites (N-methyl/N-ethyl adjacent to an activating group) is 2. The first-order valence-electron chi connectivity index (χ1n) is 11.1. The van der Waals surface area contributed by atoms with Crippen LogP contribution in [0.1, 0.15) is 33.7 Å². The number of likely N-dealkylation sites (tertiary alicyclic amines) is 1. The van der Waals surface area contributed by atoms with Crippen LogP contribution in [0.4, 0.5) is 0 Å². The summed E-state index contributed by atoms with van der Waals surface area (Å²) in [5.41, 5.74) is 4.77. The number of carbonyl (C=O) groups is 1. The van der Waals surface area contributed by atoms with E-state index in [1.54, 1.807) is 4.90 Å². The van der Waals surface area contributed by atoms with Gasteiger partial charge >= 0.3 is 0 Å². The molecule has 4 rings (SSSR count). The minimum atomic E-state index is -0.00242. The standard InChI is InChI=1S/C25H33N5O/c1-19-9-8-14-30-22(18-29-16-13-21(17-29)27(2)3)23(26-24(19)30)25(31)28(4)15-12-20-10-6-5-7-11-20/h5-11,14,21H,12-13,15-18H2,1-4H3. The largest absolute Gasteiger partial charge is 0.340 e. The zero-order chi connectivity index (χ0) is 22.0. The van der Waals surface area contributed by atoms with E-state index in [4.69, 9.17) is 4.98 Å². The van der Waals surface area contributed by atoms with Gasteiger partial charge in [0.2, 0.25) is 0 Å². The number of fused-ring (bicyclic) bond motifs is 1. The van der Waals surface area contributed by atoms with Crippen molar-refractivity contribution >= 4 is 11.6 Å². The summed E-state index contributed by atoms with van der Waals surface area (Å²) in [6.07, 6.45) is 4.02. The molecule has 0 N–H and O–H groups in total. The second-order valence-electron chi connectivity index (χ2n) is 8.90. The zero-order valence-corrected chi connectivity index (χ0v) is 19.1. The Hall–Kier alpha value is -2.70. The van der Waals surface area contributed by atoms with Crippen LogP contribution in [0.25, 0.3) is 5.65 Å². The van der Waals surface area contributed by atoms with Gasteiger partial charge in [-0.05, 0) is 51.1 Å². The van der Waals surface area contributed by atoms with Crippen LogP contribution >= 0.6 is 0 Å². The second kappa shape index (κ2) is 9.20. The van der Waals surface area contributed by atoms with Crippen LogP contribution in [0.2, 0.25) is 0 Å². The molecule has 164 valence electrons. The number of aryl methyl sites for hydroxylation is 1. The molecular weight excluding hydrogens is 386 g/mol. The van der Waals surface area contributed by atoms with Gasteiger partial charge in [0.25, 0.3) is 5.91 Å². The Kier molecular flexibility index (Phi) is 6.39. The van der Waals surface area contributed by atoms with Gasteiger partial charge in [0.15, 0.2) is 5.69 Å². The maximum absolute atomic E-state index is 13.4. The third-order valence-corrected chi connectivity index (χ3v) is 6.42. The molecular formula is C25H33N5O. The highest BCUT2D eigenvalue weighted by atomic mass is 16.2. The quantitative estimate of drug-likeness (QED) is 0.590. The SMILES string of the molecule is Cc1cccn2c(CN3CCC(N(C)C)C3)c(C(=O)N(C)CCc3ccccc3)nc12. The molecule has 1 atom stereocenters. The van der Waals surface area contributed by atoms with E-state index in [1.807, 2.05) is 37.5 Å². The monoisotopic (exact) mass is 419 g/mol. The maximum atomic E-state index is 13.4. The summed E-state index contributed by atoms with van der Waals surface area (Å²) in [6.45, 7) is 5.52. The average molecular weight is 420 g/mol. The van der Waals surface area contributed by atoms with E-state index in [-0.39, 0.29) is 5.91 Å². The molecule has 0 saturated carbocycles. The average Bonchev–Trinajstić information content (AvgIpc) is 3.39. The fourth-order valence-electron chi connectivity index (χ4n) is 4.39. The normalized spacial score (nSPS) is 17.0. The van der Waals surface area contributed by atoms with Crippen LogP contribution in [0.5, 0.6) is 0 Å². The summed E-state index contributed by atoms with van der Waals surface area (Å²) in [4.78, 5) is 24.8. The van der Waals surface area contributed by atoms with E-state index in [0.29, 0.717) is 18.3 Å². The molecule has 0 aliphatic carbocycles. The van der Waals surface area contributed by atoms with E-state index in [0.717, 1.165) is 49.4 Å². The fourth-order valence-corrected chi connectivity index (χ4v) is 4.39. The number of hydrogen-bond acceptors (Lipinski definition) is 4. The highest BCUT2D eigenvalue weighted by molar-refractivity contribution is 5.94. The number of imidazole rings is 1. The smallest absolute Gasteiger partial charge is 0.274 e. The minimum absolute atomic E-state index is 0.00242. The van der Waals surface area contributed by atoms with Gasteiger partial charge in [0.05, 0.1) is 5.69 Å². The molecule has 0 spiro atoms. The highest BCUT2D eigenvalue weighted by Crippen LogP contribution is 2.22. The molecule has 2 aromatic heterocycles. The molecule has 6 heteroatoms. The Morgan fingerprint density at radius 3 is 2.61 bits per heavy atom. The van der Waals surface area contributed by atoms with Gasteiger partial charge in [0, 0.05) is 45.5 Å². The predicted molar refractivity (Wildman–Crippen MR) is 124 cm³/mol. The van der Waals surface area contributed by atoms with Crippen molar-refractivity contribution in [1.29, 1.82) is 0 Å². The van der Waals surface area contributed by atoms with Crippen molar-refractivity contribution in [3.05, 3.63) is 71.2 Å². The van der Waals surface area contributed by atoms with Gasteiger partial charge < -0.3 is 14.2 Å². The van der Waals surface area contributed by atoms with E-state index < -0.39 is 0 Å². The molecule has 0 bridgehead atoms. The molecule has 1 fully saturated rings. The second-order valence-corrected chi connectivity index (χ2v) is 8.90. The summed E-state index contributed by atoms with van der Waals surface area (Å²) in [6, 6.07) is 15.0. The van der Waals surface area contributed by atoms with Gasteiger partial charge in [-0.2, -0.15) is 0 Å². The zero-order valence-electron chi connectivity index (χ0n) is 19.1. The lowest BCUT2D eigenvalue weighted by Gasteiger charge is -2.21. The Balaban J connectivity index is 1.58. The predicted octanol–water partition coefficient (Wildman–Crippen LogP) is 3.09. The van der Waals surface area contributed by atoms with Crippen LogP contribution in [-0.4, -0.2) is 76.8 Å². The first kappa shape index (κ1) is 21.5. The van der Waals surface area contributed by atoms with E-state index >= 15 is 0 Å². The van der Waals surface area contributed by atoms with Crippen molar-refractivity contribution in [1.82, 2.24) is 24.1 Å². The lowest BCUT2D eigenvalue weighted by Crippen LogP contribution is -2.33.